The molecule has 2 aliphatic rings. The van der Waals surface area contributed by atoms with Crippen LogP contribution in [0.2, 0.25) is 0 Å². The van der Waals surface area contributed by atoms with Crippen molar-refractivity contribution in [1.82, 2.24) is 10.2 Å². The van der Waals surface area contributed by atoms with E-state index in [1.807, 2.05) is 60.9 Å². The number of carboxylic acids is 1. The summed E-state index contributed by atoms with van der Waals surface area (Å²) in [7, 11) is 1.53. The fourth-order valence-electron chi connectivity index (χ4n) is 5.09. The highest BCUT2D eigenvalue weighted by molar-refractivity contribution is 7.98. The number of para-hydroxylation sites is 1. The summed E-state index contributed by atoms with van der Waals surface area (Å²) in [4.78, 5) is 41.0. The zero-order valence-electron chi connectivity index (χ0n) is 19.1. The van der Waals surface area contributed by atoms with Gasteiger partial charge in [0.15, 0.2) is 0 Å². The Kier molecular flexibility index (Phi) is 7.09. The predicted molar refractivity (Wildman–Crippen MR) is 131 cm³/mol. The van der Waals surface area contributed by atoms with Crippen LogP contribution in [0.15, 0.2) is 60.7 Å². The van der Waals surface area contributed by atoms with E-state index in [1.165, 1.54) is 23.8 Å². The smallest absolute Gasteiger partial charge is 0.324 e. The first kappa shape index (κ1) is 24.0. The van der Waals surface area contributed by atoms with E-state index in [-0.39, 0.29) is 18.9 Å². The van der Waals surface area contributed by atoms with E-state index in [2.05, 4.69) is 5.32 Å². The number of fused-ring (bicyclic) bond motifs is 1. The van der Waals surface area contributed by atoms with Crippen molar-refractivity contribution in [3.63, 3.8) is 0 Å². The Hall–Kier alpha value is -3.10. The maximum Gasteiger partial charge on any atom is 0.324 e. The number of benzene rings is 2. The third kappa shape index (κ3) is 4.12. The molecule has 2 aliphatic heterocycles. The molecule has 2 fully saturated rings. The van der Waals surface area contributed by atoms with Crippen molar-refractivity contribution in [3.05, 3.63) is 71.8 Å². The molecular formula is C26H28N2O5S. The number of aliphatic carboxylic acids is 1. The lowest BCUT2D eigenvalue weighted by molar-refractivity contribution is -0.151. The summed E-state index contributed by atoms with van der Waals surface area (Å²) in [6, 6.07) is 16.2. The molecule has 2 saturated heterocycles. The molecule has 178 valence electrons. The van der Waals surface area contributed by atoms with Gasteiger partial charge in [-0.3, -0.25) is 24.6 Å². The van der Waals surface area contributed by atoms with Gasteiger partial charge < -0.3 is 9.84 Å². The Balaban J connectivity index is 1.72. The summed E-state index contributed by atoms with van der Waals surface area (Å²) >= 11 is 1.51. The normalized spacial score (nSPS) is 26.3. The van der Waals surface area contributed by atoms with Gasteiger partial charge in [0, 0.05) is 18.2 Å². The Labute approximate surface area is 203 Å². The molecule has 4 unspecified atom stereocenters. The average molecular weight is 481 g/mol. The molecule has 2 aromatic carbocycles. The summed E-state index contributed by atoms with van der Waals surface area (Å²) in [5.41, 5.74) is 0.0921. The molecule has 4 atom stereocenters. The monoisotopic (exact) mass is 480 g/mol. The van der Waals surface area contributed by atoms with E-state index in [4.69, 9.17) is 4.74 Å². The van der Waals surface area contributed by atoms with Crippen LogP contribution in [-0.2, 0) is 14.4 Å². The van der Waals surface area contributed by atoms with E-state index >= 15 is 0 Å². The van der Waals surface area contributed by atoms with Gasteiger partial charge >= 0.3 is 5.97 Å². The molecule has 7 nitrogen and oxygen atoms in total. The number of carbonyl (C=O) groups is 3. The van der Waals surface area contributed by atoms with Crippen LogP contribution in [0.25, 0.3) is 6.08 Å². The van der Waals surface area contributed by atoms with Crippen LogP contribution in [0, 0.1) is 11.8 Å². The molecular weight excluding hydrogens is 452 g/mol. The molecule has 0 aromatic heterocycles. The summed E-state index contributed by atoms with van der Waals surface area (Å²) < 4.78 is 5.51. The molecule has 0 radical (unpaired) electrons. The highest BCUT2D eigenvalue weighted by Gasteiger charge is 2.68. The number of ether oxygens (including phenoxy) is 1. The summed E-state index contributed by atoms with van der Waals surface area (Å²) in [6.07, 6.45) is 5.73. The molecule has 0 aliphatic carbocycles. The van der Waals surface area contributed by atoms with Crippen LogP contribution in [0.5, 0.6) is 5.75 Å². The molecule has 0 spiro atoms. The minimum atomic E-state index is -1.54. The van der Waals surface area contributed by atoms with Crippen molar-refractivity contribution in [3.8, 4) is 5.75 Å². The van der Waals surface area contributed by atoms with Gasteiger partial charge in [-0.25, -0.2) is 0 Å². The van der Waals surface area contributed by atoms with Gasteiger partial charge in [-0.05, 0) is 30.1 Å². The Morgan fingerprint density at radius 3 is 2.53 bits per heavy atom. The van der Waals surface area contributed by atoms with E-state index in [1.54, 1.807) is 12.1 Å². The van der Waals surface area contributed by atoms with Gasteiger partial charge in [-0.2, -0.15) is 11.8 Å². The highest BCUT2D eigenvalue weighted by Crippen LogP contribution is 2.51. The summed E-state index contributed by atoms with van der Waals surface area (Å²) in [5.74, 6) is -2.65. The third-order valence-electron chi connectivity index (χ3n) is 6.70. The fraction of sp³-hybridized carbons (Fsp3) is 0.346. The second-order valence-electron chi connectivity index (χ2n) is 8.49. The molecule has 4 rings (SSSR count). The standard InChI is InChI=1S/C26H28N2O5S/c1-33-19-13-7-6-12-18(19)22-20-21(26(27-22,25(31)32)14-16-34-2)24(30)28(23(20)29)15-8-11-17-9-4-3-5-10-17/h3-13,20-22,27H,14-16H2,1-2H3,(H,31,32). The van der Waals surface area contributed by atoms with E-state index in [0.29, 0.717) is 17.1 Å². The van der Waals surface area contributed by atoms with Crippen LogP contribution < -0.4 is 10.1 Å². The maximum absolute atomic E-state index is 13.6. The first-order valence-electron chi connectivity index (χ1n) is 11.1. The molecule has 2 N–H and O–H groups in total. The quantitative estimate of drug-likeness (QED) is 0.532. The zero-order chi connectivity index (χ0) is 24.3. The van der Waals surface area contributed by atoms with Gasteiger partial charge in [0.25, 0.3) is 0 Å². The van der Waals surface area contributed by atoms with Crippen molar-refractivity contribution in [1.29, 1.82) is 0 Å². The topological polar surface area (TPSA) is 95.9 Å². The molecule has 2 amide bonds. The van der Waals surface area contributed by atoms with Crippen LogP contribution in [0.3, 0.4) is 0 Å². The third-order valence-corrected chi connectivity index (χ3v) is 7.31. The predicted octanol–water partition coefficient (Wildman–Crippen LogP) is 3.23. The Bertz CT molecular complexity index is 1110. The Morgan fingerprint density at radius 1 is 1.15 bits per heavy atom. The summed E-state index contributed by atoms with van der Waals surface area (Å²) in [5, 5.41) is 13.6. The number of imide groups is 1. The second kappa shape index (κ2) is 10.0. The van der Waals surface area contributed by atoms with Crippen molar-refractivity contribution in [2.75, 3.05) is 25.7 Å². The molecule has 2 aromatic rings. The van der Waals surface area contributed by atoms with Crippen molar-refractivity contribution >= 4 is 35.6 Å². The molecule has 2 heterocycles. The zero-order valence-corrected chi connectivity index (χ0v) is 20.0. The fourth-order valence-corrected chi connectivity index (χ4v) is 5.61. The van der Waals surface area contributed by atoms with Crippen LogP contribution >= 0.6 is 11.8 Å². The van der Waals surface area contributed by atoms with Crippen molar-refractivity contribution in [2.24, 2.45) is 11.8 Å². The maximum atomic E-state index is 13.6. The SMILES string of the molecule is COc1ccccc1C1NC(CCSC)(C(=O)O)C2C(=O)N(CC=Cc3ccccc3)C(=O)C12. The molecule has 8 heteroatoms. The number of carbonyl (C=O) groups excluding carboxylic acids is 2. The number of nitrogens with one attached hydrogen (secondary N) is 1. The lowest BCUT2D eigenvalue weighted by atomic mass is 9.78. The molecule has 34 heavy (non-hydrogen) atoms. The number of rotatable bonds is 9. The van der Waals surface area contributed by atoms with Crippen LogP contribution in [0.1, 0.15) is 23.6 Å². The minimum absolute atomic E-state index is 0.0937. The number of hydrogen-bond donors (Lipinski definition) is 2. The number of amides is 2. The highest BCUT2D eigenvalue weighted by atomic mass is 32.2. The van der Waals surface area contributed by atoms with Crippen LogP contribution in [0.4, 0.5) is 0 Å². The number of methoxy groups -OCH3 is 1. The lowest BCUT2D eigenvalue weighted by Gasteiger charge is -2.31. The first-order valence-corrected chi connectivity index (χ1v) is 12.5. The van der Waals surface area contributed by atoms with Gasteiger partial charge in [0.1, 0.15) is 11.3 Å². The average Bonchev–Trinajstić information content (AvgIpc) is 3.33. The first-order chi connectivity index (χ1) is 16.4. The van der Waals surface area contributed by atoms with E-state index < -0.39 is 35.3 Å². The lowest BCUT2D eigenvalue weighted by Crippen LogP contribution is -2.56. The van der Waals surface area contributed by atoms with Crippen molar-refractivity contribution < 1.29 is 24.2 Å². The largest absolute Gasteiger partial charge is 0.496 e. The van der Waals surface area contributed by atoms with E-state index in [0.717, 1.165) is 5.56 Å². The van der Waals surface area contributed by atoms with E-state index in [9.17, 15) is 19.5 Å². The number of likely N-dealkylation sites (tertiary alicyclic amines) is 1. The second-order valence-corrected chi connectivity index (χ2v) is 9.47. The number of nitrogens with zero attached hydrogens (tertiary/aromatic N) is 1. The van der Waals surface area contributed by atoms with Crippen molar-refractivity contribution in [2.45, 2.75) is 18.0 Å². The van der Waals surface area contributed by atoms with Gasteiger partial charge in [-0.1, -0.05) is 60.7 Å². The van der Waals surface area contributed by atoms with Gasteiger partial charge in [0.05, 0.1) is 18.9 Å². The summed E-state index contributed by atoms with van der Waals surface area (Å²) in [6.45, 7) is 0.0937. The van der Waals surface area contributed by atoms with Gasteiger partial charge in [-0.15, -0.1) is 0 Å². The minimum Gasteiger partial charge on any atom is -0.496 e. The number of thioether (sulfide) groups is 1. The van der Waals surface area contributed by atoms with Gasteiger partial charge in [0.2, 0.25) is 11.8 Å². The number of hydrogen-bond acceptors (Lipinski definition) is 6. The Morgan fingerprint density at radius 2 is 1.85 bits per heavy atom. The number of carboxylic acid groups (broad SMARTS) is 1. The molecule has 0 saturated carbocycles. The molecule has 0 bridgehead atoms. The van der Waals surface area contributed by atoms with Crippen LogP contribution in [-0.4, -0.2) is 59.0 Å².